The molecule has 0 atom stereocenters. The highest BCUT2D eigenvalue weighted by Gasteiger charge is 2.24. The molecule has 0 unspecified atom stereocenters. The molecule has 0 aliphatic carbocycles. The van der Waals surface area contributed by atoms with E-state index in [-0.39, 0.29) is 12.0 Å². The van der Waals surface area contributed by atoms with E-state index in [4.69, 9.17) is 0 Å². The molecule has 2 heterocycles. The van der Waals surface area contributed by atoms with Crippen LogP contribution in [0.4, 0.5) is 0 Å². The Labute approximate surface area is 130 Å². The number of rotatable bonds is 2. The van der Waals surface area contributed by atoms with E-state index < -0.39 is 0 Å². The number of nitrogens with zero attached hydrogens (tertiary/aromatic N) is 2. The second kappa shape index (κ2) is 6.28. The van der Waals surface area contributed by atoms with Gasteiger partial charge in [-0.3, -0.25) is 9.78 Å². The number of carbonyl (C=O) groups is 1. The summed E-state index contributed by atoms with van der Waals surface area (Å²) in [4.78, 5) is 19.1. The zero-order valence-corrected chi connectivity index (χ0v) is 12.7. The predicted molar refractivity (Wildman–Crippen MR) is 85.6 cm³/mol. The molecule has 0 spiro atoms. The lowest BCUT2D eigenvalue weighted by molar-refractivity contribution is 0.0547. The Morgan fingerprint density at radius 3 is 2.68 bits per heavy atom. The van der Waals surface area contributed by atoms with E-state index in [2.05, 4.69) is 4.98 Å². The van der Waals surface area contributed by atoms with Crippen LogP contribution in [0.1, 0.15) is 28.8 Å². The number of amides is 1. The van der Waals surface area contributed by atoms with Gasteiger partial charge in [-0.15, -0.1) is 0 Å². The molecule has 0 radical (unpaired) electrons. The minimum Gasteiger partial charge on any atom is -0.393 e. The number of likely N-dealkylation sites (tertiary alicyclic amines) is 1. The van der Waals surface area contributed by atoms with Crippen molar-refractivity contribution < 1.29 is 9.90 Å². The highest BCUT2D eigenvalue weighted by Crippen LogP contribution is 2.25. The maximum Gasteiger partial charge on any atom is 0.254 e. The van der Waals surface area contributed by atoms with Gasteiger partial charge in [0.25, 0.3) is 5.91 Å². The molecule has 4 heteroatoms. The second-order valence-corrected chi connectivity index (χ2v) is 5.79. The van der Waals surface area contributed by atoms with Crippen molar-refractivity contribution in [1.82, 2.24) is 9.88 Å². The molecule has 1 aliphatic heterocycles. The lowest BCUT2D eigenvalue weighted by atomic mass is 9.99. The van der Waals surface area contributed by atoms with Gasteiger partial charge in [-0.1, -0.05) is 23.8 Å². The minimum atomic E-state index is -0.281. The van der Waals surface area contributed by atoms with Crippen LogP contribution in [0.2, 0.25) is 0 Å². The third kappa shape index (κ3) is 3.02. The summed E-state index contributed by atoms with van der Waals surface area (Å²) in [6, 6.07) is 11.6. The molecule has 4 nitrogen and oxygen atoms in total. The van der Waals surface area contributed by atoms with Crippen LogP contribution in [0, 0.1) is 6.92 Å². The molecule has 1 aliphatic rings. The number of benzene rings is 1. The molecule has 114 valence electrons. The molecule has 2 aromatic rings. The van der Waals surface area contributed by atoms with Gasteiger partial charge in [-0.05, 0) is 38.0 Å². The first kappa shape index (κ1) is 14.7. The largest absolute Gasteiger partial charge is 0.393 e. The van der Waals surface area contributed by atoms with Gasteiger partial charge in [0.2, 0.25) is 0 Å². The van der Waals surface area contributed by atoms with E-state index in [0.29, 0.717) is 31.5 Å². The number of aliphatic hydroxyl groups excluding tert-OH is 1. The zero-order chi connectivity index (χ0) is 15.5. The molecule has 1 aromatic heterocycles. The number of hydrogen-bond donors (Lipinski definition) is 1. The van der Waals surface area contributed by atoms with E-state index in [9.17, 15) is 9.90 Å². The molecule has 1 aromatic carbocycles. The Bertz CT molecular complexity index is 662. The van der Waals surface area contributed by atoms with E-state index in [1.165, 1.54) is 0 Å². The smallest absolute Gasteiger partial charge is 0.254 e. The Hall–Kier alpha value is -2.20. The van der Waals surface area contributed by atoms with E-state index in [0.717, 1.165) is 16.8 Å². The Morgan fingerprint density at radius 1 is 1.23 bits per heavy atom. The van der Waals surface area contributed by atoms with Crippen molar-refractivity contribution in [2.75, 3.05) is 13.1 Å². The van der Waals surface area contributed by atoms with Gasteiger partial charge < -0.3 is 10.0 Å². The lowest BCUT2D eigenvalue weighted by Crippen LogP contribution is -2.40. The van der Waals surface area contributed by atoms with Crippen molar-refractivity contribution >= 4 is 5.91 Å². The summed E-state index contributed by atoms with van der Waals surface area (Å²) in [7, 11) is 0. The predicted octanol–water partition coefficient (Wildman–Crippen LogP) is 2.65. The number of pyridine rings is 1. The monoisotopic (exact) mass is 296 g/mol. The van der Waals surface area contributed by atoms with Crippen LogP contribution in [0.15, 0.2) is 42.6 Å². The molecule has 22 heavy (non-hydrogen) atoms. The summed E-state index contributed by atoms with van der Waals surface area (Å²) in [6.45, 7) is 3.20. The number of hydrogen-bond acceptors (Lipinski definition) is 3. The number of aryl methyl sites for hydroxylation is 1. The molecule has 1 N–H and O–H groups in total. The fourth-order valence-electron chi connectivity index (χ4n) is 2.82. The average Bonchev–Trinajstić information content (AvgIpc) is 2.55. The molecule has 3 rings (SSSR count). The van der Waals surface area contributed by atoms with Gasteiger partial charge in [0, 0.05) is 30.4 Å². The topological polar surface area (TPSA) is 53.4 Å². The van der Waals surface area contributed by atoms with Crippen LogP contribution >= 0.6 is 0 Å². The van der Waals surface area contributed by atoms with Crippen LogP contribution in [-0.2, 0) is 0 Å². The highest BCUT2D eigenvalue weighted by atomic mass is 16.3. The molecule has 0 bridgehead atoms. The first-order valence-electron chi connectivity index (χ1n) is 7.64. The molecular weight excluding hydrogens is 276 g/mol. The average molecular weight is 296 g/mol. The summed E-state index contributed by atoms with van der Waals surface area (Å²) < 4.78 is 0. The number of piperidine rings is 1. The van der Waals surface area contributed by atoms with Crippen LogP contribution < -0.4 is 0 Å². The summed E-state index contributed by atoms with van der Waals surface area (Å²) in [5.41, 5.74) is 3.42. The standard InChI is InChI=1S/C18H20N2O2/c1-13-5-6-15(17-4-2-3-9-19-17)16(12-13)18(22)20-10-7-14(21)8-11-20/h2-6,9,12,14,21H,7-8,10-11H2,1H3. The van der Waals surface area contributed by atoms with Crippen molar-refractivity contribution in [2.45, 2.75) is 25.9 Å². The van der Waals surface area contributed by atoms with Gasteiger partial charge in [0.05, 0.1) is 11.8 Å². The second-order valence-electron chi connectivity index (χ2n) is 5.79. The summed E-state index contributed by atoms with van der Waals surface area (Å²) in [5, 5.41) is 9.61. The van der Waals surface area contributed by atoms with Gasteiger partial charge in [-0.2, -0.15) is 0 Å². The number of aromatic nitrogens is 1. The van der Waals surface area contributed by atoms with E-state index in [1.54, 1.807) is 6.20 Å². The molecule has 1 saturated heterocycles. The third-order valence-corrected chi connectivity index (χ3v) is 4.10. The Kier molecular flexibility index (Phi) is 4.20. The number of carbonyl (C=O) groups excluding carboxylic acids is 1. The first-order chi connectivity index (χ1) is 10.6. The maximum absolute atomic E-state index is 12.9. The molecule has 1 amide bonds. The van der Waals surface area contributed by atoms with Gasteiger partial charge in [0.15, 0.2) is 0 Å². The summed E-state index contributed by atoms with van der Waals surface area (Å²) in [5.74, 6) is 0.0243. The van der Waals surface area contributed by atoms with E-state index in [1.807, 2.05) is 48.2 Å². The fourth-order valence-corrected chi connectivity index (χ4v) is 2.82. The quantitative estimate of drug-likeness (QED) is 0.927. The highest BCUT2D eigenvalue weighted by molar-refractivity contribution is 6.00. The van der Waals surface area contributed by atoms with Gasteiger partial charge >= 0.3 is 0 Å². The molecule has 1 fully saturated rings. The van der Waals surface area contributed by atoms with Crippen molar-refractivity contribution in [2.24, 2.45) is 0 Å². The Balaban J connectivity index is 1.95. The SMILES string of the molecule is Cc1ccc(-c2ccccn2)c(C(=O)N2CCC(O)CC2)c1. The van der Waals surface area contributed by atoms with Crippen molar-refractivity contribution in [3.05, 3.63) is 53.7 Å². The summed E-state index contributed by atoms with van der Waals surface area (Å²) in [6.07, 6.45) is 2.75. The third-order valence-electron chi connectivity index (χ3n) is 4.10. The lowest BCUT2D eigenvalue weighted by Gasteiger charge is -2.30. The van der Waals surface area contributed by atoms with Crippen LogP contribution in [0.25, 0.3) is 11.3 Å². The van der Waals surface area contributed by atoms with Gasteiger partial charge in [0.1, 0.15) is 0 Å². The van der Waals surface area contributed by atoms with Crippen LogP contribution in [0.5, 0.6) is 0 Å². The van der Waals surface area contributed by atoms with Crippen molar-refractivity contribution in [3.8, 4) is 11.3 Å². The van der Waals surface area contributed by atoms with E-state index >= 15 is 0 Å². The number of aliphatic hydroxyl groups is 1. The maximum atomic E-state index is 12.9. The molecule has 0 saturated carbocycles. The van der Waals surface area contributed by atoms with Crippen LogP contribution in [0.3, 0.4) is 0 Å². The minimum absolute atomic E-state index is 0.0243. The summed E-state index contributed by atoms with van der Waals surface area (Å²) >= 11 is 0. The first-order valence-corrected chi connectivity index (χ1v) is 7.64. The van der Waals surface area contributed by atoms with Crippen LogP contribution in [-0.4, -0.2) is 40.1 Å². The van der Waals surface area contributed by atoms with Gasteiger partial charge in [-0.25, -0.2) is 0 Å². The van der Waals surface area contributed by atoms with Crippen molar-refractivity contribution in [3.63, 3.8) is 0 Å². The Morgan fingerprint density at radius 2 is 2.00 bits per heavy atom. The zero-order valence-electron chi connectivity index (χ0n) is 12.7. The molecular formula is C18H20N2O2. The fraction of sp³-hybridized carbons (Fsp3) is 0.333. The van der Waals surface area contributed by atoms with Crippen molar-refractivity contribution in [1.29, 1.82) is 0 Å². The normalized spacial score (nSPS) is 15.8.